The number of aryl methyl sites for hydroxylation is 2. The van der Waals surface area contributed by atoms with Gasteiger partial charge in [-0.05, 0) is 37.1 Å². The Bertz CT molecular complexity index is 1040. The molecule has 29 heavy (non-hydrogen) atoms. The molecule has 4 aliphatic heterocycles. The Morgan fingerprint density at radius 2 is 1.90 bits per heavy atom. The van der Waals surface area contributed by atoms with Crippen molar-refractivity contribution in [1.29, 1.82) is 0 Å². The predicted octanol–water partition coefficient (Wildman–Crippen LogP) is 0.847. The van der Waals surface area contributed by atoms with Gasteiger partial charge in [-0.25, -0.2) is 8.42 Å². The first-order valence-electron chi connectivity index (χ1n) is 9.96. The molecule has 154 valence electrons. The third-order valence-corrected chi connectivity index (χ3v) is 8.45. The number of rotatable bonds is 2. The number of amides is 2. The number of fused-ring (bicyclic) bond motifs is 1. The second kappa shape index (κ2) is 6.15. The van der Waals surface area contributed by atoms with Crippen molar-refractivity contribution in [3.8, 4) is 0 Å². The van der Waals surface area contributed by atoms with Crippen LogP contribution in [0.4, 0.5) is 5.69 Å². The van der Waals surface area contributed by atoms with Crippen LogP contribution < -0.4 is 4.90 Å². The fourth-order valence-corrected chi connectivity index (χ4v) is 6.24. The molecule has 2 unspecified atom stereocenters. The van der Waals surface area contributed by atoms with Crippen LogP contribution in [0.2, 0.25) is 0 Å². The van der Waals surface area contributed by atoms with E-state index in [4.69, 9.17) is 4.74 Å². The molecular weight excluding hydrogens is 392 g/mol. The molecule has 0 aliphatic carbocycles. The van der Waals surface area contributed by atoms with E-state index in [-0.39, 0.29) is 36.4 Å². The molecular formula is C21H24N2O5S. The van der Waals surface area contributed by atoms with Gasteiger partial charge in [0.25, 0.3) is 0 Å². The fraction of sp³-hybridized carbons (Fsp3) is 0.524. The van der Waals surface area contributed by atoms with Gasteiger partial charge >= 0.3 is 0 Å². The zero-order valence-corrected chi connectivity index (χ0v) is 17.3. The summed E-state index contributed by atoms with van der Waals surface area (Å²) in [6.07, 6.45) is 3.40. The first kappa shape index (κ1) is 18.8. The predicted molar refractivity (Wildman–Crippen MR) is 107 cm³/mol. The van der Waals surface area contributed by atoms with Crippen molar-refractivity contribution >= 4 is 27.3 Å². The molecule has 5 rings (SSSR count). The number of ether oxygens (including phenoxy) is 1. The number of nitrogens with zero attached hydrogens (tertiary/aromatic N) is 2. The van der Waals surface area contributed by atoms with Crippen LogP contribution in [0, 0.1) is 25.7 Å². The van der Waals surface area contributed by atoms with Gasteiger partial charge in [-0.1, -0.05) is 18.2 Å². The summed E-state index contributed by atoms with van der Waals surface area (Å²) in [6, 6.07) is 5.92. The van der Waals surface area contributed by atoms with Gasteiger partial charge < -0.3 is 14.5 Å². The highest BCUT2D eigenvalue weighted by Gasteiger charge is 2.67. The molecule has 3 fully saturated rings. The van der Waals surface area contributed by atoms with Gasteiger partial charge in [-0.15, -0.1) is 0 Å². The van der Waals surface area contributed by atoms with E-state index in [9.17, 15) is 18.0 Å². The summed E-state index contributed by atoms with van der Waals surface area (Å²) in [4.78, 5) is 30.0. The van der Waals surface area contributed by atoms with Crippen molar-refractivity contribution in [2.24, 2.45) is 11.8 Å². The van der Waals surface area contributed by atoms with Crippen molar-refractivity contribution in [2.45, 2.75) is 25.6 Å². The van der Waals surface area contributed by atoms with Gasteiger partial charge in [0.05, 0.1) is 36.0 Å². The van der Waals surface area contributed by atoms with E-state index >= 15 is 0 Å². The average molecular weight is 416 g/mol. The van der Waals surface area contributed by atoms with Crippen LogP contribution in [0.5, 0.6) is 0 Å². The minimum Gasteiger partial charge on any atom is -0.360 e. The second-order valence-corrected chi connectivity index (χ2v) is 10.9. The van der Waals surface area contributed by atoms with Gasteiger partial charge in [0.2, 0.25) is 11.8 Å². The zero-order chi connectivity index (χ0) is 20.6. The Kier molecular flexibility index (Phi) is 3.99. The van der Waals surface area contributed by atoms with Crippen molar-refractivity contribution in [1.82, 2.24) is 4.90 Å². The Hall–Kier alpha value is -2.19. The molecule has 0 aromatic heterocycles. The summed E-state index contributed by atoms with van der Waals surface area (Å²) in [5, 5.41) is 0. The lowest BCUT2D eigenvalue weighted by Gasteiger charge is -2.32. The number of sulfone groups is 1. The first-order chi connectivity index (χ1) is 13.7. The van der Waals surface area contributed by atoms with Crippen LogP contribution in [-0.2, 0) is 24.2 Å². The van der Waals surface area contributed by atoms with Crippen LogP contribution in [0.15, 0.2) is 30.4 Å². The lowest BCUT2D eigenvalue weighted by atomic mass is 9.76. The molecule has 4 atom stereocenters. The van der Waals surface area contributed by atoms with Crippen LogP contribution in [0.1, 0.15) is 11.1 Å². The number of anilines is 1. The van der Waals surface area contributed by atoms with Crippen LogP contribution in [-0.4, -0.2) is 68.0 Å². The molecule has 1 spiro atoms. The van der Waals surface area contributed by atoms with E-state index in [1.807, 2.05) is 44.2 Å². The largest absolute Gasteiger partial charge is 0.360 e. The van der Waals surface area contributed by atoms with Gasteiger partial charge in [-0.2, -0.15) is 0 Å². The summed E-state index contributed by atoms with van der Waals surface area (Å²) < 4.78 is 29.6. The normalized spacial score (nSPS) is 34.7. The fourth-order valence-electron chi connectivity index (χ4n) is 5.04. The summed E-state index contributed by atoms with van der Waals surface area (Å²) >= 11 is 0. The molecule has 3 saturated heterocycles. The van der Waals surface area contributed by atoms with Gasteiger partial charge in [-0.3, -0.25) is 9.59 Å². The Balaban J connectivity index is 1.44. The van der Waals surface area contributed by atoms with Crippen molar-refractivity contribution in [2.75, 3.05) is 36.0 Å². The minimum atomic E-state index is -3.08. The topological polar surface area (TPSA) is 84.0 Å². The monoisotopic (exact) mass is 416 g/mol. The van der Waals surface area contributed by atoms with Crippen molar-refractivity contribution in [3.05, 3.63) is 41.5 Å². The Labute approximate surface area is 170 Å². The maximum atomic E-state index is 13.4. The van der Waals surface area contributed by atoms with E-state index in [1.54, 1.807) is 9.80 Å². The summed E-state index contributed by atoms with van der Waals surface area (Å²) in [7, 11) is -3.08. The maximum Gasteiger partial charge on any atom is 0.234 e. The molecule has 0 radical (unpaired) electrons. The molecule has 2 bridgehead atoms. The van der Waals surface area contributed by atoms with Gasteiger partial charge in [0.1, 0.15) is 5.60 Å². The highest BCUT2D eigenvalue weighted by atomic mass is 32.2. The van der Waals surface area contributed by atoms with E-state index in [1.165, 1.54) is 0 Å². The Morgan fingerprint density at radius 1 is 1.17 bits per heavy atom. The lowest BCUT2D eigenvalue weighted by Crippen LogP contribution is -2.50. The number of hydrogen-bond donors (Lipinski definition) is 0. The molecule has 4 aliphatic rings. The van der Waals surface area contributed by atoms with E-state index in [2.05, 4.69) is 0 Å². The van der Waals surface area contributed by atoms with Crippen LogP contribution in [0.25, 0.3) is 0 Å². The van der Waals surface area contributed by atoms with Crippen molar-refractivity contribution in [3.63, 3.8) is 0 Å². The highest BCUT2D eigenvalue weighted by Crippen LogP contribution is 2.53. The standard InChI is InChI=1S/C21H24N2O5S/c1-13-3-4-15(11-14(13)2)23-12-21-6-5-16(28-21)17(18(21)20(23)25)19(24)22-7-9-29(26,27)10-8-22/h3-6,11,16-18H,7-10,12H2,1-2H3/t16-,17?,18?,21-/m1/s1. The molecule has 4 heterocycles. The molecule has 1 aromatic carbocycles. The Morgan fingerprint density at radius 3 is 2.59 bits per heavy atom. The summed E-state index contributed by atoms with van der Waals surface area (Å²) in [5.41, 5.74) is 2.30. The molecule has 0 N–H and O–H groups in total. The minimum absolute atomic E-state index is 0.0225. The van der Waals surface area contributed by atoms with Crippen molar-refractivity contribution < 1.29 is 22.7 Å². The quantitative estimate of drug-likeness (QED) is 0.668. The summed E-state index contributed by atoms with van der Waals surface area (Å²) in [5.74, 6) is -1.47. The van der Waals surface area contributed by atoms with Gasteiger partial charge in [0.15, 0.2) is 9.84 Å². The number of benzene rings is 1. The SMILES string of the molecule is Cc1ccc(N2C[C@@]34C=C[C@@H](O3)C(C(=O)N3CCS(=O)(=O)CC3)C4C2=O)cc1C. The van der Waals surface area contributed by atoms with E-state index < -0.39 is 33.4 Å². The van der Waals surface area contributed by atoms with E-state index in [0.29, 0.717) is 6.54 Å². The number of carbonyl (C=O) groups is 2. The van der Waals surface area contributed by atoms with Gasteiger partial charge in [0, 0.05) is 18.8 Å². The molecule has 1 aromatic rings. The van der Waals surface area contributed by atoms with Crippen LogP contribution >= 0.6 is 0 Å². The highest BCUT2D eigenvalue weighted by molar-refractivity contribution is 7.91. The number of hydrogen-bond acceptors (Lipinski definition) is 5. The molecule has 2 amide bonds. The lowest BCUT2D eigenvalue weighted by molar-refractivity contribution is -0.140. The average Bonchev–Trinajstić information content (AvgIpc) is 3.32. The summed E-state index contributed by atoms with van der Waals surface area (Å²) in [6.45, 7) is 4.80. The second-order valence-electron chi connectivity index (χ2n) is 8.57. The number of carbonyl (C=O) groups excluding carboxylic acids is 2. The molecule has 7 nitrogen and oxygen atoms in total. The third-order valence-electron chi connectivity index (χ3n) is 6.84. The third kappa shape index (κ3) is 2.76. The zero-order valence-electron chi connectivity index (χ0n) is 16.5. The van der Waals surface area contributed by atoms with E-state index in [0.717, 1.165) is 16.8 Å². The first-order valence-corrected chi connectivity index (χ1v) is 11.8. The smallest absolute Gasteiger partial charge is 0.234 e. The molecule has 0 saturated carbocycles. The molecule has 8 heteroatoms. The van der Waals surface area contributed by atoms with Crippen LogP contribution in [0.3, 0.4) is 0 Å². The maximum absolute atomic E-state index is 13.4.